The number of fused-ring (bicyclic) bond motifs is 1. The molecule has 1 saturated carbocycles. The average Bonchev–Trinajstić information content (AvgIpc) is 3.15. The number of hydrogen-bond donors (Lipinski definition) is 2. The molecular weight excluding hydrogens is 490 g/mol. The molecule has 5 rings (SSSR count). The number of nitrogens with one attached hydrogen (secondary N) is 1. The smallest absolute Gasteiger partial charge is 0.278 e. The fraction of sp³-hybridized carbons (Fsp3) is 0.357. The van der Waals surface area contributed by atoms with Crippen molar-refractivity contribution in [2.24, 2.45) is 0 Å². The summed E-state index contributed by atoms with van der Waals surface area (Å²) in [4.78, 5) is 26.7. The van der Waals surface area contributed by atoms with Crippen molar-refractivity contribution in [2.45, 2.75) is 63.5 Å². The molecule has 0 unspecified atom stereocenters. The highest BCUT2D eigenvalue weighted by atomic mass is 19.3. The minimum absolute atomic E-state index is 0.0771. The molecule has 1 aliphatic rings. The molecule has 0 bridgehead atoms. The number of allylic oxidation sites excluding steroid dienone is 1. The van der Waals surface area contributed by atoms with E-state index in [1.165, 1.54) is 10.9 Å². The molecule has 0 atom stereocenters. The van der Waals surface area contributed by atoms with E-state index in [1.54, 1.807) is 42.8 Å². The van der Waals surface area contributed by atoms with Crippen molar-refractivity contribution in [1.82, 2.24) is 24.3 Å². The third-order valence-electron chi connectivity index (χ3n) is 6.91. The van der Waals surface area contributed by atoms with Crippen molar-refractivity contribution < 1.29 is 13.9 Å². The Hall–Kier alpha value is -3.92. The fourth-order valence-corrected chi connectivity index (χ4v) is 4.83. The molecule has 198 valence electrons. The monoisotopic (exact) mass is 520 g/mol. The van der Waals surface area contributed by atoms with Gasteiger partial charge in [-0.25, -0.2) is 28.1 Å². The molecule has 0 spiro atoms. The topological polar surface area (TPSA) is 97.9 Å². The van der Waals surface area contributed by atoms with Crippen molar-refractivity contribution >= 4 is 22.7 Å². The van der Waals surface area contributed by atoms with E-state index in [-0.39, 0.29) is 36.8 Å². The minimum atomic E-state index is -2.55. The standard InChI is InChI=1S/C28H30F2N6O2/c1-4-16-35-25(37)21-17-31-26(34-24(21)36(35)23-7-5-6-22(33-23)27(2,3)38)32-20-10-8-18(9-11-20)19-12-14-28(29,30)15-13-19/h4-11,17,19,38H,1,12-16H2,2-3H3,(H,31,32,34). The summed E-state index contributed by atoms with van der Waals surface area (Å²) in [7, 11) is 0. The molecule has 4 aromatic rings. The number of nitrogens with zero attached hydrogens (tertiary/aromatic N) is 5. The minimum Gasteiger partial charge on any atom is -0.384 e. The second-order valence-electron chi connectivity index (χ2n) is 10.2. The van der Waals surface area contributed by atoms with Crippen LogP contribution in [0.4, 0.5) is 20.4 Å². The highest BCUT2D eigenvalue weighted by Crippen LogP contribution is 2.41. The van der Waals surface area contributed by atoms with Crippen LogP contribution in [0.3, 0.4) is 0 Å². The van der Waals surface area contributed by atoms with E-state index in [4.69, 9.17) is 0 Å². The number of hydrogen-bond acceptors (Lipinski definition) is 6. The van der Waals surface area contributed by atoms with Crippen LogP contribution in [0.15, 0.2) is 66.1 Å². The Kier molecular flexibility index (Phi) is 6.60. The van der Waals surface area contributed by atoms with Gasteiger partial charge in [0.15, 0.2) is 11.5 Å². The Bertz CT molecular complexity index is 1530. The zero-order valence-electron chi connectivity index (χ0n) is 21.4. The van der Waals surface area contributed by atoms with Gasteiger partial charge in [0.25, 0.3) is 5.56 Å². The molecule has 0 aliphatic heterocycles. The zero-order valence-corrected chi connectivity index (χ0v) is 21.4. The van der Waals surface area contributed by atoms with Crippen LogP contribution >= 0.6 is 0 Å². The molecule has 0 radical (unpaired) electrons. The Morgan fingerprint density at radius 2 is 1.87 bits per heavy atom. The molecule has 10 heteroatoms. The van der Waals surface area contributed by atoms with Gasteiger partial charge >= 0.3 is 0 Å². The van der Waals surface area contributed by atoms with E-state index in [1.807, 2.05) is 24.3 Å². The number of aliphatic hydroxyl groups is 1. The van der Waals surface area contributed by atoms with Gasteiger partial charge in [-0.1, -0.05) is 24.3 Å². The molecule has 0 saturated heterocycles. The first-order valence-corrected chi connectivity index (χ1v) is 12.6. The fourth-order valence-electron chi connectivity index (χ4n) is 4.83. The van der Waals surface area contributed by atoms with Crippen LogP contribution in [-0.2, 0) is 12.1 Å². The lowest BCUT2D eigenvalue weighted by Crippen LogP contribution is -2.23. The van der Waals surface area contributed by atoms with Crippen molar-refractivity contribution in [1.29, 1.82) is 0 Å². The van der Waals surface area contributed by atoms with Gasteiger partial charge in [0.1, 0.15) is 11.0 Å². The van der Waals surface area contributed by atoms with Gasteiger partial charge in [-0.05, 0) is 62.4 Å². The molecule has 2 N–H and O–H groups in total. The van der Waals surface area contributed by atoms with Gasteiger partial charge in [-0.2, -0.15) is 4.98 Å². The van der Waals surface area contributed by atoms with E-state index in [0.717, 1.165) is 11.3 Å². The summed E-state index contributed by atoms with van der Waals surface area (Å²) in [6, 6.07) is 12.9. The second kappa shape index (κ2) is 9.75. The molecule has 1 aromatic carbocycles. The normalized spacial score (nSPS) is 16.0. The first kappa shape index (κ1) is 25.7. The number of alkyl halides is 2. The predicted octanol–water partition coefficient (Wildman–Crippen LogP) is 5.43. The second-order valence-corrected chi connectivity index (χ2v) is 10.2. The number of aromatic nitrogens is 5. The average molecular weight is 521 g/mol. The van der Waals surface area contributed by atoms with Gasteiger partial charge in [-0.15, -0.1) is 6.58 Å². The Morgan fingerprint density at radius 1 is 1.16 bits per heavy atom. The molecule has 8 nitrogen and oxygen atoms in total. The first-order valence-electron chi connectivity index (χ1n) is 12.6. The number of rotatable bonds is 7. The van der Waals surface area contributed by atoms with Crippen LogP contribution in [0.1, 0.15) is 56.7 Å². The van der Waals surface area contributed by atoms with E-state index in [9.17, 15) is 18.7 Å². The number of benzene rings is 1. The SMILES string of the molecule is C=CCn1c(=O)c2cnc(Nc3ccc(C4CCC(F)(F)CC4)cc3)nc2n1-c1cccc(C(C)(C)O)n1. The van der Waals surface area contributed by atoms with Crippen LogP contribution in [0, 0.1) is 0 Å². The number of pyridine rings is 1. The van der Waals surface area contributed by atoms with Crippen molar-refractivity contribution in [3.63, 3.8) is 0 Å². The number of halogens is 2. The molecule has 0 amide bonds. The lowest BCUT2D eigenvalue weighted by Gasteiger charge is -2.28. The van der Waals surface area contributed by atoms with Crippen LogP contribution < -0.4 is 10.9 Å². The van der Waals surface area contributed by atoms with E-state index >= 15 is 0 Å². The van der Waals surface area contributed by atoms with Gasteiger partial charge in [0, 0.05) is 24.7 Å². The summed E-state index contributed by atoms with van der Waals surface area (Å²) in [5, 5.41) is 13.9. The van der Waals surface area contributed by atoms with E-state index < -0.39 is 11.5 Å². The Balaban J connectivity index is 1.48. The molecular formula is C28H30F2N6O2. The van der Waals surface area contributed by atoms with Crippen LogP contribution in [0.5, 0.6) is 0 Å². The summed E-state index contributed by atoms with van der Waals surface area (Å²) in [6.07, 6.45) is 3.87. The maximum Gasteiger partial charge on any atom is 0.278 e. The zero-order chi connectivity index (χ0) is 27.1. The largest absolute Gasteiger partial charge is 0.384 e. The van der Waals surface area contributed by atoms with Gasteiger partial charge in [-0.3, -0.25) is 4.79 Å². The third kappa shape index (κ3) is 5.08. The van der Waals surface area contributed by atoms with Crippen molar-refractivity contribution in [3.05, 3.63) is 82.9 Å². The van der Waals surface area contributed by atoms with Crippen LogP contribution in [0.25, 0.3) is 16.9 Å². The highest BCUT2D eigenvalue weighted by molar-refractivity contribution is 5.77. The van der Waals surface area contributed by atoms with Crippen molar-refractivity contribution in [2.75, 3.05) is 5.32 Å². The quantitative estimate of drug-likeness (QED) is 0.316. The van der Waals surface area contributed by atoms with Crippen LogP contribution in [0.2, 0.25) is 0 Å². The summed E-state index contributed by atoms with van der Waals surface area (Å²) in [6.45, 7) is 7.27. The Labute approximate surface area is 218 Å². The van der Waals surface area contributed by atoms with Gasteiger partial charge in [0.2, 0.25) is 11.9 Å². The molecule has 3 heterocycles. The van der Waals surface area contributed by atoms with Gasteiger partial charge in [0.05, 0.1) is 12.2 Å². The summed E-state index contributed by atoms with van der Waals surface area (Å²) in [5.74, 6) is -1.72. The lowest BCUT2D eigenvalue weighted by atomic mass is 9.82. The molecule has 1 aliphatic carbocycles. The van der Waals surface area contributed by atoms with Crippen molar-refractivity contribution in [3.8, 4) is 5.82 Å². The first-order chi connectivity index (χ1) is 18.1. The third-order valence-corrected chi connectivity index (χ3v) is 6.91. The molecule has 38 heavy (non-hydrogen) atoms. The highest BCUT2D eigenvalue weighted by Gasteiger charge is 2.35. The maximum absolute atomic E-state index is 13.5. The molecule has 3 aromatic heterocycles. The number of anilines is 2. The summed E-state index contributed by atoms with van der Waals surface area (Å²) >= 11 is 0. The summed E-state index contributed by atoms with van der Waals surface area (Å²) in [5.41, 5.74) is 1.11. The summed E-state index contributed by atoms with van der Waals surface area (Å²) < 4.78 is 30.1. The van der Waals surface area contributed by atoms with E-state index in [0.29, 0.717) is 35.4 Å². The van der Waals surface area contributed by atoms with E-state index in [2.05, 4.69) is 26.8 Å². The Morgan fingerprint density at radius 3 is 2.53 bits per heavy atom. The maximum atomic E-state index is 13.5. The van der Waals surface area contributed by atoms with Crippen LogP contribution in [-0.4, -0.2) is 35.3 Å². The lowest BCUT2D eigenvalue weighted by molar-refractivity contribution is -0.0382. The van der Waals surface area contributed by atoms with Gasteiger partial charge < -0.3 is 10.4 Å². The predicted molar refractivity (Wildman–Crippen MR) is 142 cm³/mol. The molecule has 1 fully saturated rings.